The Bertz CT molecular complexity index is 459. The molecule has 0 aliphatic heterocycles. The Balaban J connectivity index is 2.20. The van der Waals surface area contributed by atoms with Gasteiger partial charge >= 0.3 is 0 Å². The molecule has 0 amide bonds. The molecule has 0 saturated heterocycles. The standard InChI is InChI=1S/C13H18O2S/c1-10-3-4-12(9-10)11-5-7-13(8-6-11)16(2,14)15/h5-8,10,12H,3-4,9H2,1-2H3/t10?,12-/m0/s1. The van der Waals surface area contributed by atoms with Gasteiger partial charge in [0.15, 0.2) is 9.84 Å². The van der Waals surface area contributed by atoms with E-state index < -0.39 is 9.84 Å². The molecule has 16 heavy (non-hydrogen) atoms. The number of rotatable bonds is 2. The molecule has 1 aromatic rings. The van der Waals surface area contributed by atoms with Crippen LogP contribution in [0.15, 0.2) is 29.2 Å². The van der Waals surface area contributed by atoms with Gasteiger partial charge in [-0.2, -0.15) is 0 Å². The highest BCUT2D eigenvalue weighted by atomic mass is 32.2. The Kier molecular flexibility index (Phi) is 3.06. The van der Waals surface area contributed by atoms with E-state index >= 15 is 0 Å². The van der Waals surface area contributed by atoms with E-state index in [2.05, 4.69) is 6.92 Å². The van der Waals surface area contributed by atoms with E-state index in [4.69, 9.17) is 0 Å². The first-order chi connectivity index (χ1) is 7.47. The van der Waals surface area contributed by atoms with Crippen LogP contribution < -0.4 is 0 Å². The molecule has 3 heteroatoms. The van der Waals surface area contributed by atoms with Gasteiger partial charge in [-0.25, -0.2) is 8.42 Å². The van der Waals surface area contributed by atoms with Crippen LogP contribution in [0.3, 0.4) is 0 Å². The molecule has 1 aliphatic carbocycles. The maximum Gasteiger partial charge on any atom is 0.175 e. The quantitative estimate of drug-likeness (QED) is 0.793. The van der Waals surface area contributed by atoms with Crippen molar-refractivity contribution < 1.29 is 8.42 Å². The Morgan fingerprint density at radius 1 is 1.12 bits per heavy atom. The Labute approximate surface area is 97.6 Å². The van der Waals surface area contributed by atoms with E-state index in [0.29, 0.717) is 10.8 Å². The zero-order valence-corrected chi connectivity index (χ0v) is 10.6. The first-order valence-electron chi connectivity index (χ1n) is 5.77. The zero-order valence-electron chi connectivity index (χ0n) is 9.81. The van der Waals surface area contributed by atoms with Crippen molar-refractivity contribution in [2.24, 2.45) is 5.92 Å². The van der Waals surface area contributed by atoms with Gasteiger partial charge in [0, 0.05) is 6.26 Å². The number of hydrogen-bond acceptors (Lipinski definition) is 2. The molecule has 0 N–H and O–H groups in total. The maximum absolute atomic E-state index is 11.3. The van der Waals surface area contributed by atoms with E-state index in [0.717, 1.165) is 5.92 Å². The Morgan fingerprint density at radius 2 is 1.75 bits per heavy atom. The van der Waals surface area contributed by atoms with Crippen LogP contribution in [0.2, 0.25) is 0 Å². The molecule has 1 unspecified atom stereocenters. The van der Waals surface area contributed by atoms with Gasteiger partial charge in [0.25, 0.3) is 0 Å². The fraction of sp³-hybridized carbons (Fsp3) is 0.538. The van der Waals surface area contributed by atoms with Gasteiger partial charge in [-0.3, -0.25) is 0 Å². The second-order valence-electron chi connectivity index (χ2n) is 4.96. The van der Waals surface area contributed by atoms with Crippen LogP contribution in [-0.4, -0.2) is 14.7 Å². The van der Waals surface area contributed by atoms with Gasteiger partial charge in [0.1, 0.15) is 0 Å². The third-order valence-corrected chi connectivity index (χ3v) is 4.60. The Morgan fingerprint density at radius 3 is 2.19 bits per heavy atom. The van der Waals surface area contributed by atoms with Crippen LogP contribution in [-0.2, 0) is 9.84 Å². The summed E-state index contributed by atoms with van der Waals surface area (Å²) in [4.78, 5) is 0.419. The highest BCUT2D eigenvalue weighted by molar-refractivity contribution is 7.90. The lowest BCUT2D eigenvalue weighted by Gasteiger charge is -2.10. The average molecular weight is 238 g/mol. The monoisotopic (exact) mass is 238 g/mol. The topological polar surface area (TPSA) is 34.1 Å². The van der Waals surface area contributed by atoms with Crippen molar-refractivity contribution in [3.63, 3.8) is 0 Å². The first kappa shape index (κ1) is 11.6. The van der Waals surface area contributed by atoms with E-state index in [-0.39, 0.29) is 0 Å². The summed E-state index contributed by atoms with van der Waals surface area (Å²) in [6.07, 6.45) is 5.01. The predicted octanol–water partition coefficient (Wildman–Crippen LogP) is 2.99. The molecule has 1 aromatic carbocycles. The van der Waals surface area contributed by atoms with Crippen molar-refractivity contribution in [1.82, 2.24) is 0 Å². The second-order valence-corrected chi connectivity index (χ2v) is 6.97. The van der Waals surface area contributed by atoms with Crippen LogP contribution in [0, 0.1) is 5.92 Å². The summed E-state index contributed by atoms with van der Waals surface area (Å²) in [6, 6.07) is 7.40. The summed E-state index contributed by atoms with van der Waals surface area (Å²) in [5, 5.41) is 0. The lowest BCUT2D eigenvalue weighted by molar-refractivity contribution is 0.595. The molecule has 88 valence electrons. The third kappa shape index (κ3) is 2.46. The summed E-state index contributed by atoms with van der Waals surface area (Å²) in [7, 11) is -3.05. The molecule has 1 aliphatic rings. The summed E-state index contributed by atoms with van der Waals surface area (Å²) in [6.45, 7) is 2.28. The fourth-order valence-electron chi connectivity index (χ4n) is 2.50. The highest BCUT2D eigenvalue weighted by Crippen LogP contribution is 2.37. The minimum Gasteiger partial charge on any atom is -0.224 e. The first-order valence-corrected chi connectivity index (χ1v) is 7.66. The van der Waals surface area contributed by atoms with Gasteiger partial charge in [-0.15, -0.1) is 0 Å². The summed E-state index contributed by atoms with van der Waals surface area (Å²) in [5.74, 6) is 1.43. The molecule has 1 fully saturated rings. The van der Waals surface area contributed by atoms with E-state index in [1.54, 1.807) is 12.1 Å². The van der Waals surface area contributed by atoms with Crippen LogP contribution in [0.4, 0.5) is 0 Å². The van der Waals surface area contributed by atoms with E-state index in [1.807, 2.05) is 12.1 Å². The average Bonchev–Trinajstić information content (AvgIpc) is 2.64. The molecule has 2 rings (SSSR count). The fourth-order valence-corrected chi connectivity index (χ4v) is 3.13. The van der Waals surface area contributed by atoms with Crippen LogP contribution in [0.5, 0.6) is 0 Å². The molecule has 0 heterocycles. The van der Waals surface area contributed by atoms with Crippen molar-refractivity contribution >= 4 is 9.84 Å². The SMILES string of the molecule is CC1CC[C@H](c2ccc(S(C)(=O)=O)cc2)C1. The zero-order chi connectivity index (χ0) is 11.8. The summed E-state index contributed by atoms with van der Waals surface area (Å²) < 4.78 is 22.6. The minimum absolute atomic E-state index is 0.419. The predicted molar refractivity (Wildman–Crippen MR) is 65.3 cm³/mol. The van der Waals surface area contributed by atoms with Crippen LogP contribution in [0.25, 0.3) is 0 Å². The molecule has 0 bridgehead atoms. The van der Waals surface area contributed by atoms with E-state index in [9.17, 15) is 8.42 Å². The highest BCUT2D eigenvalue weighted by Gasteiger charge is 2.22. The summed E-state index contributed by atoms with van der Waals surface area (Å²) in [5.41, 5.74) is 1.29. The van der Waals surface area contributed by atoms with Crippen LogP contribution in [0.1, 0.15) is 37.7 Å². The number of hydrogen-bond donors (Lipinski definition) is 0. The molecule has 0 aromatic heterocycles. The smallest absolute Gasteiger partial charge is 0.175 e. The molecule has 2 nitrogen and oxygen atoms in total. The maximum atomic E-state index is 11.3. The second kappa shape index (κ2) is 4.21. The molecule has 1 saturated carbocycles. The normalized spacial score (nSPS) is 25.9. The molecular weight excluding hydrogens is 220 g/mol. The lowest BCUT2D eigenvalue weighted by atomic mass is 9.97. The minimum atomic E-state index is -3.05. The van der Waals surface area contributed by atoms with Gasteiger partial charge in [-0.1, -0.05) is 25.5 Å². The van der Waals surface area contributed by atoms with Gasteiger partial charge in [-0.05, 0) is 42.4 Å². The van der Waals surface area contributed by atoms with Crippen molar-refractivity contribution in [3.8, 4) is 0 Å². The van der Waals surface area contributed by atoms with E-state index in [1.165, 1.54) is 31.1 Å². The van der Waals surface area contributed by atoms with Crippen molar-refractivity contribution in [2.45, 2.75) is 37.0 Å². The molecule has 0 spiro atoms. The molecule has 0 radical (unpaired) electrons. The Hall–Kier alpha value is -0.830. The third-order valence-electron chi connectivity index (χ3n) is 3.47. The number of sulfone groups is 1. The van der Waals surface area contributed by atoms with Crippen molar-refractivity contribution in [2.75, 3.05) is 6.26 Å². The van der Waals surface area contributed by atoms with Crippen LogP contribution >= 0.6 is 0 Å². The van der Waals surface area contributed by atoms with Gasteiger partial charge < -0.3 is 0 Å². The van der Waals surface area contributed by atoms with Gasteiger partial charge in [0.2, 0.25) is 0 Å². The van der Waals surface area contributed by atoms with Gasteiger partial charge in [0.05, 0.1) is 4.90 Å². The largest absolute Gasteiger partial charge is 0.224 e. The van der Waals surface area contributed by atoms with Crippen molar-refractivity contribution in [3.05, 3.63) is 29.8 Å². The molecule has 2 atom stereocenters. The molecular formula is C13H18O2S. The number of benzene rings is 1. The summed E-state index contributed by atoms with van der Waals surface area (Å²) >= 11 is 0. The van der Waals surface area contributed by atoms with Crippen molar-refractivity contribution in [1.29, 1.82) is 0 Å². The lowest BCUT2D eigenvalue weighted by Crippen LogP contribution is -1.98.